The van der Waals surface area contributed by atoms with Crippen LogP contribution >= 0.6 is 11.8 Å². The number of aliphatic hydroxyl groups is 1. The van der Waals surface area contributed by atoms with Crippen LogP contribution in [0, 0.1) is 23.7 Å². The molecule has 2 aromatic rings. The van der Waals surface area contributed by atoms with Gasteiger partial charge in [0, 0.05) is 12.8 Å². The van der Waals surface area contributed by atoms with Gasteiger partial charge in [0.15, 0.2) is 0 Å². The maximum absolute atomic E-state index is 14.3. The quantitative estimate of drug-likeness (QED) is 0.0521. The normalized spacial score (nSPS) is 14.9. The van der Waals surface area contributed by atoms with Crippen molar-refractivity contribution in [3.8, 4) is 0 Å². The van der Waals surface area contributed by atoms with Crippen molar-refractivity contribution >= 4 is 59.1 Å². The molecule has 7 amide bonds. The Labute approximate surface area is 412 Å². The predicted molar refractivity (Wildman–Crippen MR) is 267 cm³/mol. The van der Waals surface area contributed by atoms with Crippen molar-refractivity contribution in [1.82, 2.24) is 37.2 Å². The third-order valence-electron chi connectivity index (χ3n) is 11.0. The van der Waals surface area contributed by atoms with Crippen LogP contribution in [0.5, 0.6) is 0 Å². The van der Waals surface area contributed by atoms with E-state index in [0.29, 0.717) is 23.3 Å². The maximum atomic E-state index is 14.3. The molecule has 0 heterocycles. The fraction of sp³-hybridized carbons (Fsp3) is 0.600. The van der Waals surface area contributed by atoms with Gasteiger partial charge in [0.05, 0.1) is 12.6 Å². The first-order valence-electron chi connectivity index (χ1n) is 23.8. The topological polar surface area (TPSA) is 287 Å². The number of hydrogen-bond donors (Lipinski definition) is 10. The van der Waals surface area contributed by atoms with Crippen molar-refractivity contribution in [3.05, 3.63) is 71.8 Å². The number of nitrogens with two attached hydrogens (primary N) is 1. The zero-order valence-corrected chi connectivity index (χ0v) is 42.5. The number of carboxylic acid groups (broad SMARTS) is 1. The van der Waals surface area contributed by atoms with Crippen LogP contribution in [0.1, 0.15) is 98.6 Å². The van der Waals surface area contributed by atoms with E-state index in [2.05, 4.69) is 37.2 Å². The summed E-state index contributed by atoms with van der Waals surface area (Å²) in [5.74, 6) is -6.06. The number of carbonyl (C=O) groups excluding carboxylic acids is 7. The van der Waals surface area contributed by atoms with Crippen LogP contribution in [0.2, 0.25) is 0 Å². The van der Waals surface area contributed by atoms with Crippen LogP contribution in [0.3, 0.4) is 0 Å². The van der Waals surface area contributed by atoms with Gasteiger partial charge >= 0.3 is 5.97 Å². The van der Waals surface area contributed by atoms with Crippen LogP contribution in [0.15, 0.2) is 60.7 Å². The second-order valence-corrected chi connectivity index (χ2v) is 20.2. The Bertz CT molecular complexity index is 1960. The number of carboxylic acids is 1. The number of aliphatic carboxylic acids is 1. The number of thioether (sulfide) groups is 1. The molecule has 0 fully saturated rings. The summed E-state index contributed by atoms with van der Waals surface area (Å²) in [6, 6.07) is 8.16. The molecular weight excluding hydrogens is 905 g/mol. The van der Waals surface area contributed by atoms with Crippen molar-refractivity contribution in [3.63, 3.8) is 0 Å². The van der Waals surface area contributed by atoms with E-state index in [9.17, 15) is 48.6 Å². The molecule has 0 radical (unpaired) electrons. The zero-order chi connectivity index (χ0) is 51.8. The summed E-state index contributed by atoms with van der Waals surface area (Å²) in [7, 11) is 0. The second-order valence-electron chi connectivity index (χ2n) is 19.2. The van der Waals surface area contributed by atoms with Crippen molar-refractivity contribution < 1.29 is 48.6 Å². The van der Waals surface area contributed by atoms with E-state index in [1.165, 1.54) is 11.8 Å². The van der Waals surface area contributed by atoms with Crippen molar-refractivity contribution in [2.45, 2.75) is 149 Å². The maximum Gasteiger partial charge on any atom is 0.326 e. The lowest BCUT2D eigenvalue weighted by Crippen LogP contribution is -2.61. The summed E-state index contributed by atoms with van der Waals surface area (Å²) >= 11 is 1.50. The molecule has 0 saturated carbocycles. The van der Waals surface area contributed by atoms with Gasteiger partial charge in [-0.15, -0.1) is 0 Å². The molecule has 18 nitrogen and oxygen atoms in total. The Morgan fingerprint density at radius 3 is 1.07 bits per heavy atom. The number of aliphatic hydroxyl groups excluding tert-OH is 1. The SMILES string of the molecule is CSCC[C@H](N)C(=O)N[C@@H](CO)C(=O)N[C@@H](CC(C)C)C(=O)N[C@@H](CC(C)C)C(=O)N[C@@H](CC(C)C)C(=O)N[C@@H](Cc1ccccc1)C(=O)N[C@@H](CC(C)C)C(=O)N[C@@H](Cc1ccccc1)C(=O)O. The van der Waals surface area contributed by atoms with E-state index in [4.69, 9.17) is 5.73 Å². The molecule has 0 saturated heterocycles. The number of nitrogens with one attached hydrogen (secondary N) is 7. The highest BCUT2D eigenvalue weighted by molar-refractivity contribution is 7.98. The lowest BCUT2D eigenvalue weighted by atomic mass is 9.98. The first-order chi connectivity index (χ1) is 32.5. The van der Waals surface area contributed by atoms with Crippen molar-refractivity contribution in [2.75, 3.05) is 18.6 Å². The molecule has 0 bridgehead atoms. The number of rotatable bonds is 31. The third-order valence-corrected chi connectivity index (χ3v) is 11.6. The highest BCUT2D eigenvalue weighted by Gasteiger charge is 2.35. The van der Waals surface area contributed by atoms with Crippen LogP contribution in [0.25, 0.3) is 0 Å². The average molecular weight is 983 g/mol. The van der Waals surface area contributed by atoms with Gasteiger partial charge in [0.2, 0.25) is 41.4 Å². The minimum Gasteiger partial charge on any atom is -0.480 e. The fourth-order valence-electron chi connectivity index (χ4n) is 7.40. The average Bonchev–Trinajstić information content (AvgIpc) is 3.28. The smallest absolute Gasteiger partial charge is 0.326 e. The standard InChI is InChI=1S/C50H78N8O10S/c1-29(2)22-36(52-45(62)38(24-31(5)6)55-49(66)42(28-59)58-43(60)35(51)20-21-69-9)44(61)53-37(23-30(3)4)46(63)56-40(26-33-16-12-10-13-17-33)48(65)54-39(25-32(7)8)47(64)57-41(50(67)68)27-34-18-14-11-15-19-34/h10-19,29-32,35-42,59H,20-28,51H2,1-9H3,(H,52,62)(H,53,61)(H,54,65)(H,55,66)(H,56,63)(H,57,64)(H,58,60)(H,67,68)/t35-,36-,37-,38-,39-,40-,41-,42-/m0/s1. The summed E-state index contributed by atoms with van der Waals surface area (Å²) < 4.78 is 0. The van der Waals surface area contributed by atoms with E-state index in [1.807, 2.05) is 61.6 Å². The summed E-state index contributed by atoms with van der Waals surface area (Å²) in [6.07, 6.45) is 2.81. The number of benzene rings is 2. The highest BCUT2D eigenvalue weighted by Crippen LogP contribution is 2.14. The molecule has 0 aromatic heterocycles. The number of carbonyl (C=O) groups is 8. The summed E-state index contributed by atoms with van der Waals surface area (Å²) in [4.78, 5) is 109. The third kappa shape index (κ3) is 22.6. The second kappa shape index (κ2) is 30.9. The fourth-order valence-corrected chi connectivity index (χ4v) is 7.89. The minimum atomic E-state index is -1.40. The molecule has 0 aliphatic heterocycles. The number of hydrogen-bond acceptors (Lipinski definition) is 11. The molecular formula is C50H78N8O10S. The molecule has 384 valence electrons. The molecule has 69 heavy (non-hydrogen) atoms. The zero-order valence-electron chi connectivity index (χ0n) is 41.7. The molecule has 19 heteroatoms. The summed E-state index contributed by atoms with van der Waals surface area (Å²) in [6.45, 7) is 14.0. The van der Waals surface area contributed by atoms with Crippen LogP contribution in [-0.2, 0) is 51.2 Å². The van der Waals surface area contributed by atoms with Gasteiger partial charge in [-0.3, -0.25) is 33.6 Å². The summed E-state index contributed by atoms with van der Waals surface area (Å²) in [5.41, 5.74) is 7.34. The number of amides is 7. The highest BCUT2D eigenvalue weighted by atomic mass is 32.2. The van der Waals surface area contributed by atoms with Gasteiger partial charge in [-0.05, 0) is 78.9 Å². The Kier molecular flexibility index (Phi) is 26.6. The monoisotopic (exact) mass is 983 g/mol. The molecule has 0 spiro atoms. The van der Waals surface area contributed by atoms with Gasteiger partial charge in [0.1, 0.15) is 42.3 Å². The van der Waals surface area contributed by atoms with Gasteiger partial charge in [0.25, 0.3) is 0 Å². The van der Waals surface area contributed by atoms with Crippen molar-refractivity contribution in [1.29, 1.82) is 0 Å². The molecule has 11 N–H and O–H groups in total. The predicted octanol–water partition coefficient (Wildman–Crippen LogP) is 2.21. The first-order valence-corrected chi connectivity index (χ1v) is 25.2. The van der Waals surface area contributed by atoms with Gasteiger partial charge in [-0.1, -0.05) is 116 Å². The Balaban J connectivity index is 2.39. The molecule has 2 rings (SSSR count). The lowest BCUT2D eigenvalue weighted by molar-refractivity contribution is -0.142. The van der Waals surface area contributed by atoms with Crippen LogP contribution in [-0.4, -0.2) is 124 Å². The molecule has 0 aliphatic rings. The lowest BCUT2D eigenvalue weighted by Gasteiger charge is -2.29. The Morgan fingerprint density at radius 2 is 0.754 bits per heavy atom. The molecule has 0 unspecified atom stereocenters. The van der Waals surface area contributed by atoms with Gasteiger partial charge in [-0.2, -0.15) is 11.8 Å². The molecule has 2 aromatic carbocycles. The van der Waals surface area contributed by atoms with Crippen molar-refractivity contribution in [2.24, 2.45) is 29.4 Å². The summed E-state index contributed by atoms with van der Waals surface area (Å²) in [5, 5.41) is 38.8. The Hall–Kier alpha value is -5.53. The van der Waals surface area contributed by atoms with Crippen LogP contribution < -0.4 is 43.0 Å². The Morgan fingerprint density at radius 1 is 0.464 bits per heavy atom. The minimum absolute atomic E-state index is 0.00314. The first kappa shape index (κ1) is 59.6. The van der Waals surface area contributed by atoms with Gasteiger partial charge in [-0.25, -0.2) is 4.79 Å². The largest absolute Gasteiger partial charge is 0.480 e. The molecule has 8 atom stereocenters. The van der Waals surface area contributed by atoms with Gasteiger partial charge < -0.3 is 53.2 Å². The van der Waals surface area contributed by atoms with E-state index >= 15 is 0 Å². The van der Waals surface area contributed by atoms with Crippen LogP contribution in [0.4, 0.5) is 0 Å². The van der Waals surface area contributed by atoms with E-state index in [-0.39, 0.29) is 62.2 Å². The van der Waals surface area contributed by atoms with E-state index in [1.54, 1.807) is 60.7 Å². The van der Waals surface area contributed by atoms with E-state index in [0.717, 1.165) is 0 Å². The molecule has 0 aliphatic carbocycles. The van der Waals surface area contributed by atoms with E-state index < -0.39 is 102 Å².